The number of hydrogen-bond acceptors (Lipinski definition) is 6. The lowest BCUT2D eigenvalue weighted by molar-refractivity contribution is -0.385. The third kappa shape index (κ3) is 3.14. The van der Waals surface area contributed by atoms with E-state index in [-0.39, 0.29) is 36.7 Å². The van der Waals surface area contributed by atoms with Crippen LogP contribution < -0.4 is 22.7 Å². The number of nitrogens with two attached hydrogens (primary N) is 2. The van der Waals surface area contributed by atoms with Crippen molar-refractivity contribution in [2.45, 2.75) is 32.9 Å². The van der Waals surface area contributed by atoms with E-state index < -0.39 is 16.2 Å². The second kappa shape index (κ2) is 6.99. The first-order valence-electron chi connectivity index (χ1n) is 7.49. The predicted molar refractivity (Wildman–Crippen MR) is 90.9 cm³/mol. The first-order chi connectivity index (χ1) is 11.4. The van der Waals surface area contributed by atoms with Gasteiger partial charge in [0, 0.05) is 24.7 Å². The van der Waals surface area contributed by atoms with Gasteiger partial charge in [0.25, 0.3) is 11.2 Å². The number of aromatic nitrogens is 2. The number of aryl methyl sites for hydroxylation is 1. The van der Waals surface area contributed by atoms with Crippen LogP contribution in [0.4, 0.5) is 17.2 Å². The van der Waals surface area contributed by atoms with Crippen LogP contribution in [0.1, 0.15) is 18.9 Å². The highest BCUT2D eigenvalue weighted by atomic mass is 16.6. The van der Waals surface area contributed by atoms with E-state index in [1.54, 1.807) is 18.2 Å². The standard InChI is InChI=1S/C15H19N5O4/c1-2-8-19-14(21)12(16)13(17)18(15(19)22)9-7-10-5-3-4-6-11(10)20(23)24/h3-6H,2,7-9,16-17H2,1H3. The molecule has 0 aliphatic rings. The molecule has 9 heteroatoms. The summed E-state index contributed by atoms with van der Waals surface area (Å²) in [5, 5.41) is 11.1. The van der Waals surface area contributed by atoms with E-state index in [2.05, 4.69) is 0 Å². The van der Waals surface area contributed by atoms with Crippen LogP contribution in [0.15, 0.2) is 33.9 Å². The fourth-order valence-electron chi connectivity index (χ4n) is 2.51. The lowest BCUT2D eigenvalue weighted by Crippen LogP contribution is -2.42. The van der Waals surface area contributed by atoms with Crippen LogP contribution in [-0.2, 0) is 19.5 Å². The molecule has 0 saturated heterocycles. The van der Waals surface area contributed by atoms with Crippen molar-refractivity contribution in [3.05, 3.63) is 60.8 Å². The Hall–Kier alpha value is -3.10. The average molecular weight is 333 g/mol. The van der Waals surface area contributed by atoms with Crippen molar-refractivity contribution in [2.75, 3.05) is 11.5 Å². The summed E-state index contributed by atoms with van der Waals surface area (Å²) in [5.41, 5.74) is 10.6. The second-order valence-electron chi connectivity index (χ2n) is 5.33. The van der Waals surface area contributed by atoms with Gasteiger partial charge in [0.05, 0.1) is 4.92 Å². The predicted octanol–water partition coefficient (Wildman–Crippen LogP) is 0.735. The summed E-state index contributed by atoms with van der Waals surface area (Å²) in [6.07, 6.45) is 0.799. The highest BCUT2D eigenvalue weighted by Crippen LogP contribution is 2.19. The molecule has 1 heterocycles. The number of anilines is 2. The van der Waals surface area contributed by atoms with E-state index in [1.807, 2.05) is 6.92 Å². The molecule has 0 bridgehead atoms. The lowest BCUT2D eigenvalue weighted by atomic mass is 10.1. The Morgan fingerprint density at radius 2 is 1.79 bits per heavy atom. The molecular formula is C15H19N5O4. The van der Waals surface area contributed by atoms with Crippen molar-refractivity contribution < 1.29 is 4.92 Å². The fraction of sp³-hybridized carbons (Fsp3) is 0.333. The van der Waals surface area contributed by atoms with Gasteiger partial charge in [0.1, 0.15) is 11.5 Å². The molecule has 0 aliphatic carbocycles. The van der Waals surface area contributed by atoms with E-state index in [1.165, 1.54) is 10.6 Å². The molecule has 0 spiro atoms. The highest BCUT2D eigenvalue weighted by Gasteiger charge is 2.17. The Labute approximate surface area is 137 Å². The van der Waals surface area contributed by atoms with Gasteiger partial charge in [-0.1, -0.05) is 25.1 Å². The van der Waals surface area contributed by atoms with Crippen molar-refractivity contribution in [3.8, 4) is 0 Å². The van der Waals surface area contributed by atoms with Gasteiger partial charge in [0.15, 0.2) is 0 Å². The zero-order chi connectivity index (χ0) is 17.9. The van der Waals surface area contributed by atoms with Crippen LogP contribution in [0, 0.1) is 10.1 Å². The van der Waals surface area contributed by atoms with Gasteiger partial charge in [-0.2, -0.15) is 0 Å². The minimum atomic E-state index is -0.610. The van der Waals surface area contributed by atoms with Crippen molar-refractivity contribution in [3.63, 3.8) is 0 Å². The van der Waals surface area contributed by atoms with E-state index in [9.17, 15) is 19.7 Å². The minimum absolute atomic E-state index is 0.0287. The van der Waals surface area contributed by atoms with Gasteiger partial charge in [-0.05, 0) is 12.8 Å². The van der Waals surface area contributed by atoms with Crippen molar-refractivity contribution >= 4 is 17.2 Å². The molecule has 0 unspecified atom stereocenters. The summed E-state index contributed by atoms with van der Waals surface area (Å²) in [7, 11) is 0. The maximum atomic E-state index is 12.4. The average Bonchev–Trinajstić information content (AvgIpc) is 2.57. The van der Waals surface area contributed by atoms with E-state index in [0.29, 0.717) is 12.0 Å². The quantitative estimate of drug-likeness (QED) is 0.590. The van der Waals surface area contributed by atoms with Crippen LogP contribution in [0.2, 0.25) is 0 Å². The van der Waals surface area contributed by atoms with Crippen LogP contribution in [0.5, 0.6) is 0 Å². The molecule has 2 aromatic rings. The zero-order valence-corrected chi connectivity index (χ0v) is 13.3. The van der Waals surface area contributed by atoms with E-state index in [4.69, 9.17) is 11.5 Å². The van der Waals surface area contributed by atoms with Gasteiger partial charge >= 0.3 is 5.69 Å². The zero-order valence-electron chi connectivity index (χ0n) is 13.3. The molecular weight excluding hydrogens is 314 g/mol. The molecule has 0 atom stereocenters. The molecule has 0 aliphatic heterocycles. The smallest absolute Gasteiger partial charge is 0.332 e. The normalized spacial score (nSPS) is 10.7. The summed E-state index contributed by atoms with van der Waals surface area (Å²) >= 11 is 0. The van der Waals surface area contributed by atoms with Crippen molar-refractivity contribution in [2.24, 2.45) is 0 Å². The molecule has 1 aromatic carbocycles. The van der Waals surface area contributed by atoms with Gasteiger partial charge < -0.3 is 11.5 Å². The largest absolute Gasteiger partial charge is 0.391 e. The third-order valence-electron chi connectivity index (χ3n) is 3.74. The number of nitro groups is 1. The number of nitro benzene ring substituents is 1. The molecule has 0 saturated carbocycles. The minimum Gasteiger partial charge on any atom is -0.391 e. The molecule has 1 aromatic heterocycles. The van der Waals surface area contributed by atoms with E-state index >= 15 is 0 Å². The van der Waals surface area contributed by atoms with Gasteiger partial charge in [-0.25, -0.2) is 4.79 Å². The van der Waals surface area contributed by atoms with Gasteiger partial charge in [-0.3, -0.25) is 24.0 Å². The molecule has 2 rings (SSSR count). The van der Waals surface area contributed by atoms with Crippen molar-refractivity contribution in [1.82, 2.24) is 9.13 Å². The summed E-state index contributed by atoms with van der Waals surface area (Å²) in [6.45, 7) is 2.15. The van der Waals surface area contributed by atoms with Crippen LogP contribution in [0.25, 0.3) is 0 Å². The molecule has 0 radical (unpaired) electrons. The number of rotatable bonds is 6. The van der Waals surface area contributed by atoms with Crippen LogP contribution in [-0.4, -0.2) is 14.1 Å². The summed E-state index contributed by atoms with van der Waals surface area (Å²) in [4.78, 5) is 35.0. The SMILES string of the molecule is CCCn1c(=O)c(N)c(N)n(CCc2ccccc2[N+](=O)[O-])c1=O. The fourth-order valence-corrected chi connectivity index (χ4v) is 2.51. The van der Waals surface area contributed by atoms with Crippen LogP contribution in [0.3, 0.4) is 0 Å². The first kappa shape index (κ1) is 17.3. The third-order valence-corrected chi connectivity index (χ3v) is 3.74. The molecule has 24 heavy (non-hydrogen) atoms. The second-order valence-corrected chi connectivity index (χ2v) is 5.33. The number of nitrogen functional groups attached to an aromatic ring is 2. The molecule has 4 N–H and O–H groups in total. The maximum Gasteiger partial charge on any atom is 0.332 e. The number of hydrogen-bond donors (Lipinski definition) is 2. The topological polar surface area (TPSA) is 139 Å². The molecule has 0 fully saturated rings. The summed E-state index contributed by atoms with van der Waals surface area (Å²) in [6, 6.07) is 6.26. The summed E-state index contributed by atoms with van der Waals surface area (Å²) in [5.74, 6) is -0.115. The lowest BCUT2D eigenvalue weighted by Gasteiger charge is -2.14. The molecule has 9 nitrogen and oxygen atoms in total. The Morgan fingerprint density at radius 3 is 2.42 bits per heavy atom. The Kier molecular flexibility index (Phi) is 5.02. The summed E-state index contributed by atoms with van der Waals surface area (Å²) < 4.78 is 2.22. The molecule has 0 amide bonds. The number of para-hydroxylation sites is 1. The van der Waals surface area contributed by atoms with Crippen LogP contribution >= 0.6 is 0 Å². The molecule has 128 valence electrons. The van der Waals surface area contributed by atoms with Gasteiger partial charge in [0.2, 0.25) is 0 Å². The van der Waals surface area contributed by atoms with E-state index in [0.717, 1.165) is 4.57 Å². The number of nitrogens with zero attached hydrogens (tertiary/aromatic N) is 3. The van der Waals surface area contributed by atoms with Crippen molar-refractivity contribution in [1.29, 1.82) is 0 Å². The van der Waals surface area contributed by atoms with Gasteiger partial charge in [-0.15, -0.1) is 0 Å². The highest BCUT2D eigenvalue weighted by molar-refractivity contribution is 5.56. The Bertz CT molecular complexity index is 884. The number of benzene rings is 1. The Balaban J connectivity index is 2.43. The Morgan fingerprint density at radius 1 is 1.12 bits per heavy atom. The monoisotopic (exact) mass is 333 g/mol. The maximum absolute atomic E-state index is 12.4. The first-order valence-corrected chi connectivity index (χ1v) is 7.49.